The summed E-state index contributed by atoms with van der Waals surface area (Å²) in [6.07, 6.45) is 2.82. The number of nitrogens with zero attached hydrogens (tertiary/aromatic N) is 1. The fraction of sp³-hybridized carbons (Fsp3) is 0.156. The zero-order valence-corrected chi connectivity index (χ0v) is 20.0. The van der Waals surface area contributed by atoms with Gasteiger partial charge in [0.1, 0.15) is 0 Å². The Morgan fingerprint density at radius 3 is 1.49 bits per heavy atom. The predicted molar refractivity (Wildman–Crippen MR) is 143 cm³/mol. The maximum absolute atomic E-state index is 13.8. The van der Waals surface area contributed by atoms with Crippen molar-refractivity contribution in [1.82, 2.24) is 4.90 Å². The van der Waals surface area contributed by atoms with E-state index in [0.29, 0.717) is 31.6 Å². The lowest BCUT2D eigenvalue weighted by Gasteiger charge is -2.31. The highest BCUT2D eigenvalue weighted by molar-refractivity contribution is 5.95. The van der Waals surface area contributed by atoms with Crippen molar-refractivity contribution in [2.75, 3.05) is 0 Å². The second-order valence-electron chi connectivity index (χ2n) is 8.87. The van der Waals surface area contributed by atoms with Gasteiger partial charge in [-0.05, 0) is 28.7 Å². The molecule has 3 nitrogen and oxygen atoms in total. The third-order valence-corrected chi connectivity index (χ3v) is 6.08. The van der Waals surface area contributed by atoms with Gasteiger partial charge in [-0.15, -0.1) is 0 Å². The summed E-state index contributed by atoms with van der Waals surface area (Å²) < 4.78 is 0. The Kier molecular flexibility index (Phi) is 8.63. The minimum Gasteiger partial charge on any atom is -0.402 e. The van der Waals surface area contributed by atoms with Crippen LogP contribution < -0.4 is 5.73 Å². The number of hydrogen-bond donors (Lipinski definition) is 1. The normalized spacial score (nSPS) is 12.4. The number of carbonyl (C=O) groups is 1. The predicted octanol–water partition coefficient (Wildman–Crippen LogP) is 5.95. The Bertz CT molecular complexity index is 1160. The summed E-state index contributed by atoms with van der Waals surface area (Å²) in [7, 11) is 0. The van der Waals surface area contributed by atoms with E-state index in [-0.39, 0.29) is 11.8 Å². The molecule has 0 aliphatic carbocycles. The number of ketones is 1. The second-order valence-corrected chi connectivity index (χ2v) is 8.87. The molecule has 4 rings (SSSR count). The smallest absolute Gasteiger partial charge is 0.174 e. The molecule has 4 aromatic rings. The zero-order valence-electron chi connectivity index (χ0n) is 20.0. The lowest BCUT2D eigenvalue weighted by Crippen LogP contribution is -2.41. The van der Waals surface area contributed by atoms with Gasteiger partial charge in [-0.3, -0.25) is 9.69 Å². The molecule has 4 aromatic carbocycles. The van der Waals surface area contributed by atoms with E-state index in [1.54, 1.807) is 6.08 Å². The molecule has 3 heteroatoms. The lowest BCUT2D eigenvalue weighted by atomic mass is 9.97. The van der Waals surface area contributed by atoms with Gasteiger partial charge in [0.05, 0.1) is 6.04 Å². The first-order chi connectivity index (χ1) is 17.2. The lowest BCUT2D eigenvalue weighted by molar-refractivity contribution is -0.120. The van der Waals surface area contributed by atoms with Gasteiger partial charge < -0.3 is 5.73 Å². The molecule has 35 heavy (non-hydrogen) atoms. The molecule has 176 valence electrons. The summed E-state index contributed by atoms with van der Waals surface area (Å²) in [5, 5.41) is 0. The summed E-state index contributed by atoms with van der Waals surface area (Å²) in [5.41, 5.74) is 11.5. The van der Waals surface area contributed by atoms with Crippen LogP contribution in [0.1, 0.15) is 22.3 Å². The van der Waals surface area contributed by atoms with Crippen LogP contribution in [0.25, 0.3) is 0 Å². The maximum Gasteiger partial charge on any atom is 0.174 e. The molecule has 0 bridgehead atoms. The summed E-state index contributed by atoms with van der Waals surface area (Å²) in [4.78, 5) is 16.0. The summed E-state index contributed by atoms with van der Waals surface area (Å²) in [6.45, 7) is 1.34. The summed E-state index contributed by atoms with van der Waals surface area (Å²) in [6, 6.07) is 40.6. The standard InChI is InChI=1S/C32H32N2O/c33-30(21-26-13-5-1-6-14-26)23-32(35)31(22-27-15-7-2-8-16-27)34(24-28-17-9-3-10-18-28)25-29-19-11-4-12-20-29/h1-20,23,31H,21-22,24-25,33H2/b30-23-. The first-order valence-electron chi connectivity index (χ1n) is 12.1. The molecule has 1 atom stereocenters. The minimum atomic E-state index is -0.341. The molecule has 2 N–H and O–H groups in total. The van der Waals surface area contributed by atoms with E-state index in [1.807, 2.05) is 84.9 Å². The van der Waals surface area contributed by atoms with Gasteiger partial charge in [0.15, 0.2) is 5.78 Å². The van der Waals surface area contributed by atoms with Crippen molar-refractivity contribution in [3.8, 4) is 0 Å². The Morgan fingerprint density at radius 1 is 0.629 bits per heavy atom. The molecule has 0 aliphatic rings. The van der Waals surface area contributed by atoms with Gasteiger partial charge in [0, 0.05) is 31.3 Å². The molecular formula is C32H32N2O. The Hall–Kier alpha value is -3.95. The van der Waals surface area contributed by atoms with Gasteiger partial charge >= 0.3 is 0 Å². The van der Waals surface area contributed by atoms with Crippen molar-refractivity contribution in [1.29, 1.82) is 0 Å². The molecule has 0 heterocycles. The molecule has 0 saturated carbocycles. The summed E-state index contributed by atoms with van der Waals surface area (Å²) >= 11 is 0. The van der Waals surface area contributed by atoms with Crippen LogP contribution in [0.2, 0.25) is 0 Å². The monoisotopic (exact) mass is 460 g/mol. The van der Waals surface area contributed by atoms with Gasteiger partial charge in [-0.1, -0.05) is 121 Å². The molecule has 0 radical (unpaired) electrons. The van der Waals surface area contributed by atoms with Crippen LogP contribution in [0, 0.1) is 0 Å². The van der Waals surface area contributed by atoms with Gasteiger partial charge in [-0.25, -0.2) is 0 Å². The van der Waals surface area contributed by atoms with Crippen molar-refractivity contribution < 1.29 is 4.79 Å². The number of rotatable bonds is 11. The summed E-state index contributed by atoms with van der Waals surface area (Å²) in [5.74, 6) is 0.0362. The molecule has 1 unspecified atom stereocenters. The van der Waals surface area contributed by atoms with Crippen molar-refractivity contribution in [2.24, 2.45) is 5.73 Å². The highest BCUT2D eigenvalue weighted by Crippen LogP contribution is 2.19. The third kappa shape index (κ3) is 7.53. The number of allylic oxidation sites excluding steroid dienone is 1. The Morgan fingerprint density at radius 2 is 1.03 bits per heavy atom. The molecule has 0 aromatic heterocycles. The topological polar surface area (TPSA) is 46.3 Å². The van der Waals surface area contributed by atoms with E-state index in [1.165, 1.54) is 11.1 Å². The van der Waals surface area contributed by atoms with Crippen molar-refractivity contribution in [2.45, 2.75) is 32.0 Å². The van der Waals surface area contributed by atoms with Gasteiger partial charge in [-0.2, -0.15) is 0 Å². The van der Waals surface area contributed by atoms with E-state index < -0.39 is 0 Å². The molecular weight excluding hydrogens is 428 g/mol. The molecule has 0 spiro atoms. The van der Waals surface area contributed by atoms with Crippen LogP contribution in [-0.4, -0.2) is 16.7 Å². The van der Waals surface area contributed by atoms with Crippen molar-refractivity contribution >= 4 is 5.78 Å². The number of benzene rings is 4. The van der Waals surface area contributed by atoms with E-state index in [4.69, 9.17) is 5.73 Å². The van der Waals surface area contributed by atoms with Crippen LogP contribution in [0.15, 0.2) is 133 Å². The largest absolute Gasteiger partial charge is 0.402 e. The number of carbonyl (C=O) groups excluding carboxylic acids is 1. The molecule has 0 fully saturated rings. The fourth-order valence-electron chi connectivity index (χ4n) is 4.32. The SMILES string of the molecule is N/C(=C\C(=O)C(Cc1ccccc1)N(Cc1ccccc1)Cc1ccccc1)Cc1ccccc1. The minimum absolute atomic E-state index is 0.0362. The Balaban J connectivity index is 1.65. The van der Waals surface area contributed by atoms with E-state index >= 15 is 0 Å². The van der Waals surface area contributed by atoms with Crippen LogP contribution in [-0.2, 0) is 30.7 Å². The Labute approximate surface area is 208 Å². The molecule has 0 amide bonds. The van der Waals surface area contributed by atoms with Crippen LogP contribution in [0.5, 0.6) is 0 Å². The first-order valence-corrected chi connectivity index (χ1v) is 12.1. The highest BCUT2D eigenvalue weighted by Gasteiger charge is 2.26. The van der Waals surface area contributed by atoms with Crippen molar-refractivity contribution in [3.63, 3.8) is 0 Å². The van der Waals surface area contributed by atoms with Gasteiger partial charge in [0.2, 0.25) is 0 Å². The maximum atomic E-state index is 13.8. The molecule has 0 saturated heterocycles. The first kappa shape index (κ1) is 24.2. The van der Waals surface area contributed by atoms with E-state index in [0.717, 1.165) is 11.1 Å². The van der Waals surface area contributed by atoms with Crippen LogP contribution >= 0.6 is 0 Å². The van der Waals surface area contributed by atoms with Crippen LogP contribution in [0.4, 0.5) is 0 Å². The van der Waals surface area contributed by atoms with E-state index in [9.17, 15) is 4.79 Å². The number of hydrogen-bond acceptors (Lipinski definition) is 3. The molecule has 0 aliphatic heterocycles. The van der Waals surface area contributed by atoms with Crippen molar-refractivity contribution in [3.05, 3.63) is 155 Å². The van der Waals surface area contributed by atoms with Crippen LogP contribution in [0.3, 0.4) is 0 Å². The second kappa shape index (κ2) is 12.5. The quantitative estimate of drug-likeness (QED) is 0.281. The fourth-order valence-corrected chi connectivity index (χ4v) is 4.32. The third-order valence-electron chi connectivity index (χ3n) is 6.08. The average molecular weight is 461 g/mol. The van der Waals surface area contributed by atoms with Gasteiger partial charge in [0.25, 0.3) is 0 Å². The highest BCUT2D eigenvalue weighted by atomic mass is 16.1. The average Bonchev–Trinajstić information content (AvgIpc) is 2.89. The number of nitrogens with two attached hydrogens (primary N) is 1. The zero-order chi connectivity index (χ0) is 24.3. The van der Waals surface area contributed by atoms with E-state index in [2.05, 4.69) is 41.3 Å².